The molecule has 3 aliphatic rings. The van der Waals surface area contributed by atoms with Crippen molar-refractivity contribution in [2.24, 2.45) is 5.92 Å². The van der Waals surface area contributed by atoms with Crippen LogP contribution in [0.2, 0.25) is 0 Å². The molecule has 0 aromatic heterocycles. The molecule has 0 amide bonds. The monoisotopic (exact) mass is 842 g/mol. The standard InChI is InChI=1S/2C20H16O2.C14H19.CH3O.Ti/c2*21-19(22)20(16-10-4-1-5-11-16,17-12-6-2-7-13-17)18-14-8-3-9-15-18;1-10-11-6-2-4-8-13(11)14-9-5-3-7-12(10)14;1-2;/h2*1-15H,(H,21,22);6,10H,2-5,7-9H2,1H3;1H3;/q;;2*-1;+2. The van der Waals surface area contributed by atoms with E-state index < -0.39 is 22.8 Å². The SMILES string of the molecule is CC1C2=C(CCC[CH-]2)C2=C1CCCC2.C[O-].O=C(O)C(c1ccccc1)(c1ccccc1)c1ccccc1.O=C(O)C(c1ccccc1)(c1ccccc1)c1ccccc1.[Ti+2]. The molecule has 6 heteroatoms. The van der Waals surface area contributed by atoms with Crippen LogP contribution in [0.4, 0.5) is 0 Å². The van der Waals surface area contributed by atoms with Gasteiger partial charge in [0, 0.05) is 0 Å². The van der Waals surface area contributed by atoms with E-state index >= 15 is 0 Å². The Bertz CT molecular complexity index is 1980. The molecule has 0 bridgehead atoms. The number of carboxylic acid groups (broad SMARTS) is 2. The molecule has 0 fully saturated rings. The third-order valence-corrected chi connectivity index (χ3v) is 12.1. The summed E-state index contributed by atoms with van der Waals surface area (Å²) in [5.74, 6) is -0.979. The Morgan fingerprint density at radius 3 is 1.05 bits per heavy atom. The van der Waals surface area contributed by atoms with Gasteiger partial charge in [-0.2, -0.15) is 12.7 Å². The van der Waals surface area contributed by atoms with Gasteiger partial charge >= 0.3 is 33.7 Å². The van der Waals surface area contributed by atoms with Crippen LogP contribution in [0.1, 0.15) is 85.3 Å². The topological polar surface area (TPSA) is 97.7 Å². The van der Waals surface area contributed by atoms with Crippen LogP contribution < -0.4 is 5.11 Å². The zero-order valence-corrected chi connectivity index (χ0v) is 36.6. The van der Waals surface area contributed by atoms with Gasteiger partial charge in [-0.15, -0.1) is 12.0 Å². The number of hydrogen-bond acceptors (Lipinski definition) is 3. The summed E-state index contributed by atoms with van der Waals surface area (Å²) in [5, 5.41) is 28.6. The second-order valence-electron chi connectivity index (χ2n) is 15.3. The number of benzene rings is 6. The summed E-state index contributed by atoms with van der Waals surface area (Å²) in [5.41, 5.74) is 9.16. The largest absolute Gasteiger partial charge is 2.00 e. The van der Waals surface area contributed by atoms with E-state index in [1.807, 2.05) is 182 Å². The number of carboxylic acids is 2. The van der Waals surface area contributed by atoms with Crippen molar-refractivity contribution in [1.29, 1.82) is 0 Å². The fourth-order valence-electron chi connectivity index (χ4n) is 9.38. The van der Waals surface area contributed by atoms with Crippen LogP contribution in [0.25, 0.3) is 0 Å². The minimum Gasteiger partial charge on any atom is -0.857 e. The molecule has 0 aliphatic heterocycles. The Kier molecular flexibility index (Phi) is 16.9. The van der Waals surface area contributed by atoms with E-state index in [4.69, 9.17) is 5.11 Å². The molecule has 6 aromatic rings. The second-order valence-corrected chi connectivity index (χ2v) is 15.3. The van der Waals surface area contributed by atoms with E-state index in [0.29, 0.717) is 0 Å². The molecular weight excluding hydrogens is 788 g/mol. The first kappa shape index (κ1) is 46.4. The molecule has 9 rings (SSSR count). The molecule has 1 atom stereocenters. The first-order valence-corrected chi connectivity index (χ1v) is 20.9. The van der Waals surface area contributed by atoms with Gasteiger partial charge in [0.15, 0.2) is 0 Å². The Labute approximate surface area is 376 Å². The number of hydrogen-bond donors (Lipinski definition) is 2. The predicted octanol–water partition coefficient (Wildman–Crippen LogP) is 11.4. The van der Waals surface area contributed by atoms with E-state index in [-0.39, 0.29) is 21.7 Å². The maximum atomic E-state index is 12.4. The van der Waals surface area contributed by atoms with Crippen LogP contribution in [-0.4, -0.2) is 29.3 Å². The third kappa shape index (κ3) is 9.61. The number of aliphatic carboxylic acids is 2. The van der Waals surface area contributed by atoms with Gasteiger partial charge < -0.3 is 15.3 Å². The van der Waals surface area contributed by atoms with Gasteiger partial charge in [0.2, 0.25) is 0 Å². The molecule has 0 radical (unpaired) electrons. The summed E-state index contributed by atoms with van der Waals surface area (Å²) in [4.78, 5) is 24.8. The minimum absolute atomic E-state index is 0. The Balaban J connectivity index is 0.000000172. The summed E-state index contributed by atoms with van der Waals surface area (Å²) in [7, 11) is 0.750. The van der Waals surface area contributed by atoms with Crippen LogP contribution in [0.15, 0.2) is 204 Å². The predicted molar refractivity (Wildman–Crippen MR) is 239 cm³/mol. The van der Waals surface area contributed by atoms with E-state index in [2.05, 4.69) is 13.3 Å². The molecule has 2 N–H and O–H groups in total. The molecule has 5 nitrogen and oxygen atoms in total. The summed E-state index contributed by atoms with van der Waals surface area (Å²) < 4.78 is 0. The van der Waals surface area contributed by atoms with Crippen molar-refractivity contribution in [3.05, 3.63) is 244 Å². The summed E-state index contributed by atoms with van der Waals surface area (Å²) >= 11 is 0. The second kappa shape index (κ2) is 22.2. The molecule has 6 aromatic carbocycles. The molecule has 0 saturated heterocycles. The fourth-order valence-corrected chi connectivity index (χ4v) is 9.38. The first-order chi connectivity index (χ1) is 29.4. The van der Waals surface area contributed by atoms with Crippen LogP contribution in [0.3, 0.4) is 0 Å². The molecule has 308 valence electrons. The van der Waals surface area contributed by atoms with Crippen molar-refractivity contribution in [1.82, 2.24) is 0 Å². The number of allylic oxidation sites excluding steroid dienone is 4. The molecule has 61 heavy (non-hydrogen) atoms. The first-order valence-electron chi connectivity index (χ1n) is 20.9. The maximum Gasteiger partial charge on any atom is 2.00 e. The summed E-state index contributed by atoms with van der Waals surface area (Å²) in [6, 6.07) is 56.3. The summed E-state index contributed by atoms with van der Waals surface area (Å²) in [6.45, 7) is 2.42. The van der Waals surface area contributed by atoms with Crippen LogP contribution in [-0.2, 0) is 42.1 Å². The van der Waals surface area contributed by atoms with E-state index in [0.717, 1.165) is 46.4 Å². The van der Waals surface area contributed by atoms with Crippen LogP contribution >= 0.6 is 0 Å². The van der Waals surface area contributed by atoms with Gasteiger partial charge in [-0.3, -0.25) is 9.59 Å². The van der Waals surface area contributed by atoms with Crippen molar-refractivity contribution in [2.75, 3.05) is 7.11 Å². The zero-order chi connectivity index (χ0) is 42.4. The number of rotatable bonds is 8. The molecule has 3 aliphatic carbocycles. The van der Waals surface area contributed by atoms with Gasteiger partial charge in [-0.1, -0.05) is 214 Å². The zero-order valence-electron chi connectivity index (χ0n) is 35.0. The van der Waals surface area contributed by atoms with Crippen molar-refractivity contribution in [3.8, 4) is 0 Å². The molecule has 1 unspecified atom stereocenters. The molecule has 0 saturated carbocycles. The van der Waals surface area contributed by atoms with Crippen molar-refractivity contribution in [3.63, 3.8) is 0 Å². The van der Waals surface area contributed by atoms with E-state index in [1.54, 1.807) is 22.3 Å². The van der Waals surface area contributed by atoms with Crippen LogP contribution in [0.5, 0.6) is 0 Å². The summed E-state index contributed by atoms with van der Waals surface area (Å²) in [6.07, 6.45) is 12.2. The molecular formula is C55H54O5Ti. The van der Waals surface area contributed by atoms with Gasteiger partial charge in [0.05, 0.1) is 0 Å². The molecule has 0 spiro atoms. The minimum atomic E-state index is -1.20. The quantitative estimate of drug-likeness (QED) is 0.0903. The Hall–Kier alpha value is -5.72. The van der Waals surface area contributed by atoms with Crippen molar-refractivity contribution in [2.45, 2.75) is 62.7 Å². The van der Waals surface area contributed by atoms with E-state index in [1.165, 1.54) is 44.9 Å². The maximum absolute atomic E-state index is 12.4. The molecule has 0 heterocycles. The van der Waals surface area contributed by atoms with Gasteiger partial charge in [-0.25, -0.2) is 12.0 Å². The van der Waals surface area contributed by atoms with Crippen molar-refractivity contribution >= 4 is 11.9 Å². The third-order valence-electron chi connectivity index (χ3n) is 12.1. The average Bonchev–Trinajstić information content (AvgIpc) is 3.61. The normalized spacial score (nSPS) is 15.3. The van der Waals surface area contributed by atoms with Crippen molar-refractivity contribution < 1.29 is 46.6 Å². The van der Waals surface area contributed by atoms with Crippen LogP contribution in [0, 0.1) is 12.3 Å². The van der Waals surface area contributed by atoms with Gasteiger partial charge in [0.25, 0.3) is 0 Å². The van der Waals surface area contributed by atoms with E-state index in [9.17, 15) is 19.8 Å². The van der Waals surface area contributed by atoms with Gasteiger partial charge in [-0.05, 0) is 58.6 Å². The number of fused-ring (bicyclic) bond motifs is 1. The number of carbonyl (C=O) groups is 2. The Morgan fingerprint density at radius 2 is 0.754 bits per heavy atom. The Morgan fingerprint density at radius 1 is 0.475 bits per heavy atom. The fraction of sp³-hybridized carbons (Fsp3) is 0.218. The van der Waals surface area contributed by atoms with Gasteiger partial charge in [0.1, 0.15) is 10.8 Å². The smallest absolute Gasteiger partial charge is 0.857 e. The average molecular weight is 843 g/mol.